The zero-order chi connectivity index (χ0) is 20.1. The molecule has 1 aromatic heterocycles. The van der Waals surface area contributed by atoms with E-state index in [1.807, 2.05) is 0 Å². The average molecular weight is 391 g/mol. The fourth-order valence-electron chi connectivity index (χ4n) is 3.84. The molecule has 2 aliphatic rings. The number of hydrogen-bond acceptors (Lipinski definition) is 6. The van der Waals surface area contributed by atoms with Gasteiger partial charge in [0.25, 0.3) is 5.91 Å². The molecule has 1 aromatic rings. The average Bonchev–Trinajstić information content (AvgIpc) is 3.39. The molecule has 3 N–H and O–H groups in total. The van der Waals surface area contributed by atoms with Crippen molar-refractivity contribution in [1.29, 1.82) is 0 Å². The molecule has 2 amide bonds. The van der Waals surface area contributed by atoms with Crippen LogP contribution in [0.25, 0.3) is 0 Å². The standard InChI is InChI=1S/C20H29N3O5/c1-13-8-17(25)10-18(28-13)20(27)22-11-16-5-4-15(9-19(26)21-6-7-24)23(16)12-14-2-3-14/h8,10,14-16,24H,2-7,9,11-12H2,1H3,(H,21,26)(H,22,27)/t15-,16+/m1/s1. The number of nitrogens with zero attached hydrogens (tertiary/aromatic N) is 1. The van der Waals surface area contributed by atoms with Crippen molar-refractivity contribution in [1.82, 2.24) is 15.5 Å². The largest absolute Gasteiger partial charge is 0.456 e. The van der Waals surface area contributed by atoms with Crippen LogP contribution < -0.4 is 16.1 Å². The van der Waals surface area contributed by atoms with Gasteiger partial charge in [-0.1, -0.05) is 0 Å². The van der Waals surface area contributed by atoms with Gasteiger partial charge in [0.1, 0.15) is 5.76 Å². The van der Waals surface area contributed by atoms with Crippen LogP contribution in [0.4, 0.5) is 0 Å². The number of carbonyl (C=O) groups is 2. The van der Waals surface area contributed by atoms with E-state index in [-0.39, 0.29) is 42.3 Å². The summed E-state index contributed by atoms with van der Waals surface area (Å²) in [5.41, 5.74) is -0.251. The highest BCUT2D eigenvalue weighted by atomic mass is 16.3. The lowest BCUT2D eigenvalue weighted by Crippen LogP contribution is -2.45. The highest BCUT2D eigenvalue weighted by Crippen LogP contribution is 2.35. The molecular formula is C20H29N3O5. The maximum absolute atomic E-state index is 12.4. The van der Waals surface area contributed by atoms with E-state index in [1.54, 1.807) is 6.92 Å². The third-order valence-corrected chi connectivity index (χ3v) is 5.40. The molecule has 3 rings (SSSR count). The van der Waals surface area contributed by atoms with Gasteiger partial charge in [-0.05, 0) is 38.5 Å². The van der Waals surface area contributed by atoms with Crippen LogP contribution in [0, 0.1) is 12.8 Å². The molecule has 1 aliphatic carbocycles. The quantitative estimate of drug-likeness (QED) is 0.563. The number of aryl methyl sites for hydroxylation is 1. The summed E-state index contributed by atoms with van der Waals surface area (Å²) >= 11 is 0. The number of likely N-dealkylation sites (tertiary alicyclic amines) is 1. The Hall–Kier alpha value is -2.19. The monoisotopic (exact) mass is 391 g/mol. The van der Waals surface area contributed by atoms with Crippen LogP contribution in [0.3, 0.4) is 0 Å². The lowest BCUT2D eigenvalue weighted by atomic mass is 10.1. The fraction of sp³-hybridized carbons (Fsp3) is 0.650. The fourth-order valence-corrected chi connectivity index (χ4v) is 3.84. The second-order valence-corrected chi connectivity index (χ2v) is 7.78. The van der Waals surface area contributed by atoms with Gasteiger partial charge >= 0.3 is 0 Å². The molecule has 0 unspecified atom stereocenters. The molecular weight excluding hydrogens is 362 g/mol. The van der Waals surface area contributed by atoms with Gasteiger partial charge in [0.15, 0.2) is 11.2 Å². The minimum atomic E-state index is -0.392. The number of aliphatic hydroxyl groups is 1. The predicted octanol–water partition coefficient (Wildman–Crippen LogP) is 0.420. The molecule has 0 spiro atoms. The molecule has 154 valence electrons. The lowest BCUT2D eigenvalue weighted by Gasteiger charge is -2.30. The molecule has 0 bridgehead atoms. The minimum absolute atomic E-state index is 0.0247. The maximum Gasteiger partial charge on any atom is 0.287 e. The van der Waals surface area contributed by atoms with Crippen LogP contribution in [0.1, 0.15) is 48.4 Å². The molecule has 2 fully saturated rings. The zero-order valence-corrected chi connectivity index (χ0v) is 16.3. The van der Waals surface area contributed by atoms with Crippen molar-refractivity contribution in [3.8, 4) is 0 Å². The van der Waals surface area contributed by atoms with Crippen molar-refractivity contribution in [3.63, 3.8) is 0 Å². The highest BCUT2D eigenvalue weighted by Gasteiger charge is 2.38. The Labute approximate surface area is 164 Å². The molecule has 28 heavy (non-hydrogen) atoms. The van der Waals surface area contributed by atoms with Crippen LogP contribution in [0.2, 0.25) is 0 Å². The molecule has 8 heteroatoms. The van der Waals surface area contributed by atoms with Crippen molar-refractivity contribution in [2.45, 2.75) is 51.1 Å². The Morgan fingerprint density at radius 2 is 1.93 bits per heavy atom. The first kappa shape index (κ1) is 20.5. The van der Waals surface area contributed by atoms with E-state index in [4.69, 9.17) is 9.52 Å². The van der Waals surface area contributed by atoms with Gasteiger partial charge in [-0.2, -0.15) is 0 Å². The lowest BCUT2D eigenvalue weighted by molar-refractivity contribution is -0.122. The first-order valence-electron chi connectivity index (χ1n) is 9.99. The summed E-state index contributed by atoms with van der Waals surface area (Å²) in [5, 5.41) is 14.5. The van der Waals surface area contributed by atoms with Crippen molar-refractivity contribution in [2.75, 3.05) is 26.2 Å². The summed E-state index contributed by atoms with van der Waals surface area (Å²) in [4.78, 5) is 38.4. The number of aliphatic hydroxyl groups excluding tert-OH is 1. The molecule has 0 radical (unpaired) electrons. The first-order valence-corrected chi connectivity index (χ1v) is 9.99. The zero-order valence-electron chi connectivity index (χ0n) is 16.3. The van der Waals surface area contributed by atoms with Crippen molar-refractivity contribution in [2.24, 2.45) is 5.92 Å². The molecule has 2 atom stereocenters. The van der Waals surface area contributed by atoms with Gasteiger partial charge in [0.2, 0.25) is 5.91 Å². The van der Waals surface area contributed by atoms with Crippen LogP contribution in [0.15, 0.2) is 21.3 Å². The van der Waals surface area contributed by atoms with E-state index < -0.39 is 5.91 Å². The Morgan fingerprint density at radius 1 is 1.18 bits per heavy atom. The van der Waals surface area contributed by atoms with Gasteiger partial charge < -0.3 is 20.2 Å². The Balaban J connectivity index is 1.57. The van der Waals surface area contributed by atoms with Gasteiger partial charge in [-0.25, -0.2) is 0 Å². The maximum atomic E-state index is 12.4. The van der Waals surface area contributed by atoms with E-state index in [0.717, 1.165) is 19.4 Å². The van der Waals surface area contributed by atoms with Crippen molar-refractivity contribution >= 4 is 11.8 Å². The number of amides is 2. The predicted molar refractivity (Wildman–Crippen MR) is 103 cm³/mol. The van der Waals surface area contributed by atoms with E-state index >= 15 is 0 Å². The van der Waals surface area contributed by atoms with E-state index in [1.165, 1.54) is 25.0 Å². The minimum Gasteiger partial charge on any atom is -0.456 e. The van der Waals surface area contributed by atoms with Gasteiger partial charge in [0.05, 0.1) is 6.61 Å². The van der Waals surface area contributed by atoms with Gasteiger partial charge in [-0.15, -0.1) is 0 Å². The topological polar surface area (TPSA) is 112 Å². The Bertz CT molecular complexity index is 758. The molecule has 8 nitrogen and oxygen atoms in total. The van der Waals surface area contributed by atoms with Crippen molar-refractivity contribution < 1.29 is 19.1 Å². The van der Waals surface area contributed by atoms with Crippen LogP contribution in [-0.4, -0.2) is 60.1 Å². The van der Waals surface area contributed by atoms with Gasteiger partial charge in [0, 0.05) is 50.3 Å². The van der Waals surface area contributed by atoms with E-state index in [0.29, 0.717) is 24.6 Å². The summed E-state index contributed by atoms with van der Waals surface area (Å²) in [5.74, 6) is 0.663. The van der Waals surface area contributed by atoms with E-state index in [9.17, 15) is 14.4 Å². The normalized spacial score (nSPS) is 22.2. The van der Waals surface area contributed by atoms with Crippen molar-refractivity contribution in [3.05, 3.63) is 33.9 Å². The molecule has 1 saturated carbocycles. The van der Waals surface area contributed by atoms with E-state index in [2.05, 4.69) is 15.5 Å². The summed E-state index contributed by atoms with van der Waals surface area (Å²) in [7, 11) is 0. The van der Waals surface area contributed by atoms with Gasteiger partial charge in [-0.3, -0.25) is 19.3 Å². The van der Waals surface area contributed by atoms with Crippen LogP contribution in [-0.2, 0) is 4.79 Å². The third kappa shape index (κ3) is 5.65. The second-order valence-electron chi connectivity index (χ2n) is 7.78. The third-order valence-electron chi connectivity index (χ3n) is 5.40. The Kier molecular flexibility index (Phi) is 6.85. The Morgan fingerprint density at radius 3 is 2.61 bits per heavy atom. The molecule has 1 aliphatic heterocycles. The summed E-state index contributed by atoms with van der Waals surface area (Å²) in [6.07, 6.45) is 4.65. The van der Waals surface area contributed by atoms with Crippen LogP contribution in [0.5, 0.6) is 0 Å². The summed E-state index contributed by atoms with van der Waals surface area (Å²) in [6.45, 7) is 3.25. The SMILES string of the molecule is Cc1cc(=O)cc(C(=O)NC[C@@H]2CC[C@H](CC(=O)NCCO)N2CC2CC2)o1. The number of carbonyl (C=O) groups excluding carboxylic acids is 2. The van der Waals surface area contributed by atoms with Crippen LogP contribution >= 0.6 is 0 Å². The number of nitrogens with one attached hydrogen (secondary N) is 2. The highest BCUT2D eigenvalue weighted by molar-refractivity contribution is 5.91. The molecule has 0 aromatic carbocycles. The summed E-state index contributed by atoms with van der Waals surface area (Å²) < 4.78 is 5.35. The number of rotatable bonds is 9. The molecule has 1 saturated heterocycles. The first-order chi connectivity index (χ1) is 13.5. The summed E-state index contributed by atoms with van der Waals surface area (Å²) in [6, 6.07) is 2.86. The second kappa shape index (κ2) is 9.34. The molecule has 2 heterocycles. The smallest absolute Gasteiger partial charge is 0.287 e. The number of hydrogen-bond donors (Lipinski definition) is 3.